The lowest BCUT2D eigenvalue weighted by molar-refractivity contribution is -0.136. The lowest BCUT2D eigenvalue weighted by Gasteiger charge is -2.39. The molecule has 0 radical (unpaired) electrons. The quantitative estimate of drug-likeness (QED) is 0.856. The first-order valence-corrected chi connectivity index (χ1v) is 7.63. The molecule has 1 amide bonds. The molecular formula is C16H26N2O4. The Kier molecular flexibility index (Phi) is 5.61. The Morgan fingerprint density at radius 2 is 2.18 bits per heavy atom. The van der Waals surface area contributed by atoms with Gasteiger partial charge in [-0.25, -0.2) is 0 Å². The maximum Gasteiger partial charge on any atom is 0.224 e. The zero-order valence-electron chi connectivity index (χ0n) is 13.7. The Labute approximate surface area is 131 Å². The lowest BCUT2D eigenvalue weighted by Crippen LogP contribution is -2.50. The maximum atomic E-state index is 11.9. The normalized spacial score (nSPS) is 22.7. The number of hydrogen-bond acceptors (Lipinski definition) is 5. The van der Waals surface area contributed by atoms with E-state index in [1.807, 2.05) is 12.1 Å². The third-order valence-corrected chi connectivity index (χ3v) is 4.00. The van der Waals surface area contributed by atoms with Gasteiger partial charge in [0.25, 0.3) is 0 Å². The van der Waals surface area contributed by atoms with Crippen LogP contribution in [0.25, 0.3) is 0 Å². The molecule has 0 bridgehead atoms. The molecule has 0 spiro atoms. The highest BCUT2D eigenvalue weighted by atomic mass is 16.5. The van der Waals surface area contributed by atoms with Gasteiger partial charge in [-0.05, 0) is 31.5 Å². The summed E-state index contributed by atoms with van der Waals surface area (Å²) in [5.74, 6) is 1.62. The summed E-state index contributed by atoms with van der Waals surface area (Å²) in [7, 11) is 5.06. The van der Waals surface area contributed by atoms with Crippen molar-refractivity contribution in [2.24, 2.45) is 0 Å². The van der Waals surface area contributed by atoms with Crippen LogP contribution in [0.5, 0.6) is 0 Å². The molecule has 6 nitrogen and oxygen atoms in total. The fourth-order valence-corrected chi connectivity index (χ4v) is 2.87. The van der Waals surface area contributed by atoms with E-state index in [0.717, 1.165) is 24.5 Å². The van der Waals surface area contributed by atoms with E-state index in [1.54, 1.807) is 21.2 Å². The molecule has 1 fully saturated rings. The maximum absolute atomic E-state index is 11.9. The van der Waals surface area contributed by atoms with Gasteiger partial charge in [-0.1, -0.05) is 0 Å². The second-order valence-electron chi connectivity index (χ2n) is 6.30. The summed E-state index contributed by atoms with van der Waals surface area (Å²) in [6.07, 6.45) is 1.71. The molecule has 1 aliphatic heterocycles. The summed E-state index contributed by atoms with van der Waals surface area (Å²) in [6.45, 7) is 2.50. The second kappa shape index (κ2) is 7.26. The molecule has 1 N–H and O–H groups in total. The number of hydrogen-bond donors (Lipinski definition) is 1. The summed E-state index contributed by atoms with van der Waals surface area (Å²) in [6, 6.07) is 3.84. The number of piperidine rings is 1. The molecule has 2 rings (SSSR count). The number of furan rings is 1. The van der Waals surface area contributed by atoms with Crippen LogP contribution in [-0.4, -0.2) is 60.7 Å². The van der Waals surface area contributed by atoms with Crippen molar-refractivity contribution in [3.63, 3.8) is 0 Å². The van der Waals surface area contributed by atoms with E-state index in [-0.39, 0.29) is 12.3 Å². The predicted molar refractivity (Wildman–Crippen MR) is 82.2 cm³/mol. The minimum Gasteiger partial charge on any atom is -0.462 e. The Bertz CT molecular complexity index is 500. The zero-order chi connectivity index (χ0) is 16.2. The first-order valence-electron chi connectivity index (χ1n) is 7.63. The average Bonchev–Trinajstić information content (AvgIpc) is 2.86. The van der Waals surface area contributed by atoms with Crippen LogP contribution in [0.1, 0.15) is 30.8 Å². The number of carbonyl (C=O) groups excluding carboxylic acids is 1. The largest absolute Gasteiger partial charge is 0.462 e. The molecule has 1 aromatic rings. The summed E-state index contributed by atoms with van der Waals surface area (Å²) >= 11 is 0. The summed E-state index contributed by atoms with van der Waals surface area (Å²) in [4.78, 5) is 15.5. The molecule has 124 valence electrons. The van der Waals surface area contributed by atoms with Crippen LogP contribution in [0.4, 0.5) is 0 Å². The van der Waals surface area contributed by atoms with Gasteiger partial charge in [-0.15, -0.1) is 0 Å². The van der Waals surface area contributed by atoms with E-state index in [1.165, 1.54) is 4.90 Å². The van der Waals surface area contributed by atoms with Gasteiger partial charge in [0.1, 0.15) is 18.1 Å². The molecule has 6 heteroatoms. The number of rotatable bonds is 6. The van der Waals surface area contributed by atoms with Crippen LogP contribution in [-0.2, 0) is 22.7 Å². The Balaban J connectivity index is 1.93. The van der Waals surface area contributed by atoms with Gasteiger partial charge in [-0.2, -0.15) is 0 Å². The molecular weight excluding hydrogens is 284 g/mol. The zero-order valence-corrected chi connectivity index (χ0v) is 13.7. The fraction of sp³-hybridized carbons (Fsp3) is 0.688. The van der Waals surface area contributed by atoms with Gasteiger partial charge in [0, 0.05) is 27.7 Å². The summed E-state index contributed by atoms with van der Waals surface area (Å²) < 4.78 is 10.7. The standard InChI is InChI=1S/C16H26N2O4/c1-17(2)15(19)9-16(20)7-4-8-18(12-16)10-13-5-6-14(22-13)11-21-3/h5-6,20H,4,7-12H2,1-3H3. The van der Waals surface area contributed by atoms with Crippen LogP contribution in [0, 0.1) is 0 Å². The van der Waals surface area contributed by atoms with E-state index in [4.69, 9.17) is 9.15 Å². The molecule has 0 aromatic carbocycles. The van der Waals surface area contributed by atoms with Crippen molar-refractivity contribution in [2.75, 3.05) is 34.3 Å². The van der Waals surface area contributed by atoms with Gasteiger partial charge in [0.15, 0.2) is 0 Å². The van der Waals surface area contributed by atoms with Crippen molar-refractivity contribution in [1.82, 2.24) is 9.80 Å². The van der Waals surface area contributed by atoms with Crippen molar-refractivity contribution < 1.29 is 19.1 Å². The van der Waals surface area contributed by atoms with Crippen molar-refractivity contribution in [3.8, 4) is 0 Å². The van der Waals surface area contributed by atoms with E-state index < -0.39 is 5.60 Å². The first-order chi connectivity index (χ1) is 10.4. The molecule has 1 aromatic heterocycles. The van der Waals surface area contributed by atoms with Crippen LogP contribution < -0.4 is 0 Å². The van der Waals surface area contributed by atoms with Gasteiger partial charge in [-0.3, -0.25) is 9.69 Å². The third kappa shape index (κ3) is 4.56. The number of ether oxygens (including phenoxy) is 1. The van der Waals surface area contributed by atoms with E-state index in [9.17, 15) is 9.90 Å². The van der Waals surface area contributed by atoms with Crippen molar-refractivity contribution in [3.05, 3.63) is 23.7 Å². The molecule has 0 aliphatic carbocycles. The molecule has 2 heterocycles. The second-order valence-corrected chi connectivity index (χ2v) is 6.30. The van der Waals surface area contributed by atoms with Gasteiger partial charge < -0.3 is 19.2 Å². The average molecular weight is 310 g/mol. The number of methoxy groups -OCH3 is 1. The summed E-state index contributed by atoms with van der Waals surface area (Å²) in [5.41, 5.74) is -0.943. The number of nitrogens with zero attached hydrogens (tertiary/aromatic N) is 2. The van der Waals surface area contributed by atoms with Crippen LogP contribution in [0.2, 0.25) is 0 Å². The minimum atomic E-state index is -0.943. The van der Waals surface area contributed by atoms with Gasteiger partial charge >= 0.3 is 0 Å². The smallest absolute Gasteiger partial charge is 0.224 e. The first kappa shape index (κ1) is 17.0. The minimum absolute atomic E-state index is 0.0373. The highest BCUT2D eigenvalue weighted by Gasteiger charge is 2.35. The van der Waals surface area contributed by atoms with Crippen LogP contribution in [0.15, 0.2) is 16.5 Å². The topological polar surface area (TPSA) is 66.2 Å². The molecule has 1 unspecified atom stereocenters. The predicted octanol–water partition coefficient (Wildman–Crippen LogP) is 1.23. The van der Waals surface area contributed by atoms with Crippen LogP contribution in [0.3, 0.4) is 0 Å². The van der Waals surface area contributed by atoms with Gasteiger partial charge in [0.05, 0.1) is 18.6 Å². The van der Waals surface area contributed by atoms with Crippen molar-refractivity contribution >= 4 is 5.91 Å². The SMILES string of the molecule is COCc1ccc(CN2CCCC(O)(CC(=O)N(C)C)C2)o1. The molecule has 0 saturated carbocycles. The Morgan fingerprint density at radius 3 is 2.86 bits per heavy atom. The lowest BCUT2D eigenvalue weighted by atomic mass is 9.89. The molecule has 1 saturated heterocycles. The third-order valence-electron chi connectivity index (χ3n) is 4.00. The van der Waals surface area contributed by atoms with E-state index in [0.29, 0.717) is 26.1 Å². The molecule has 1 atom stereocenters. The number of likely N-dealkylation sites (tertiary alicyclic amines) is 1. The highest BCUT2D eigenvalue weighted by molar-refractivity contribution is 5.76. The van der Waals surface area contributed by atoms with E-state index >= 15 is 0 Å². The highest BCUT2D eigenvalue weighted by Crippen LogP contribution is 2.26. The molecule has 22 heavy (non-hydrogen) atoms. The summed E-state index contributed by atoms with van der Waals surface area (Å²) in [5, 5.41) is 10.7. The monoisotopic (exact) mass is 310 g/mol. The van der Waals surface area contributed by atoms with Crippen LogP contribution >= 0.6 is 0 Å². The Morgan fingerprint density at radius 1 is 1.45 bits per heavy atom. The van der Waals surface area contributed by atoms with Crippen molar-refractivity contribution in [1.29, 1.82) is 0 Å². The Hall–Kier alpha value is -1.37. The van der Waals surface area contributed by atoms with Crippen molar-refractivity contribution in [2.45, 2.75) is 38.0 Å². The number of aliphatic hydroxyl groups is 1. The van der Waals surface area contributed by atoms with Gasteiger partial charge in [0.2, 0.25) is 5.91 Å². The number of amides is 1. The fourth-order valence-electron chi connectivity index (χ4n) is 2.87. The number of carbonyl (C=O) groups is 1. The number of β-amino-alcohol motifs (C(OH)–C–C–N with tert-alkyl or cyclic N) is 1. The molecule has 1 aliphatic rings. The van der Waals surface area contributed by atoms with E-state index in [2.05, 4.69) is 4.90 Å².